The molecule has 0 radical (unpaired) electrons. The van der Waals surface area contributed by atoms with Crippen LogP contribution < -0.4 is 0 Å². The Morgan fingerprint density at radius 1 is 1.75 bits per heavy atom. The highest BCUT2D eigenvalue weighted by atomic mass is 19.1. The van der Waals surface area contributed by atoms with E-state index in [9.17, 15) is 4.39 Å². The molecule has 0 saturated carbocycles. The van der Waals surface area contributed by atoms with Crippen LogP contribution in [-0.4, -0.2) is 25.7 Å². The standard InChI is InChI=1S/C5H9FO2/c1-4-7-3-5(2-6)8-4/h4-5H,2-3H2,1H3/t4-,5-/m1/s1. The summed E-state index contributed by atoms with van der Waals surface area (Å²) >= 11 is 0. The molecule has 8 heavy (non-hydrogen) atoms. The number of rotatable bonds is 1. The molecular weight excluding hydrogens is 111 g/mol. The van der Waals surface area contributed by atoms with E-state index in [1.807, 2.05) is 0 Å². The van der Waals surface area contributed by atoms with Crippen LogP contribution in [0, 0.1) is 0 Å². The Morgan fingerprint density at radius 2 is 2.50 bits per heavy atom. The molecule has 0 amide bonds. The topological polar surface area (TPSA) is 18.5 Å². The zero-order valence-corrected chi connectivity index (χ0v) is 4.76. The van der Waals surface area contributed by atoms with Crippen LogP contribution in [0.4, 0.5) is 4.39 Å². The molecule has 0 unspecified atom stereocenters. The van der Waals surface area contributed by atoms with Crippen LogP contribution in [0.2, 0.25) is 0 Å². The van der Waals surface area contributed by atoms with Gasteiger partial charge in [0.25, 0.3) is 0 Å². The molecule has 3 heteroatoms. The monoisotopic (exact) mass is 120 g/mol. The molecular formula is C5H9FO2. The Balaban J connectivity index is 2.22. The molecule has 48 valence electrons. The minimum atomic E-state index is -0.440. The average molecular weight is 120 g/mol. The van der Waals surface area contributed by atoms with Gasteiger partial charge in [-0.15, -0.1) is 0 Å². The van der Waals surface area contributed by atoms with Crippen molar-refractivity contribution in [2.24, 2.45) is 0 Å². The molecule has 2 nitrogen and oxygen atoms in total. The minimum Gasteiger partial charge on any atom is -0.350 e. The summed E-state index contributed by atoms with van der Waals surface area (Å²) in [6, 6.07) is 0. The highest BCUT2D eigenvalue weighted by molar-refractivity contribution is 4.60. The predicted octanol–water partition coefficient (Wildman–Crippen LogP) is 0.717. The lowest BCUT2D eigenvalue weighted by Gasteiger charge is -2.00. The summed E-state index contributed by atoms with van der Waals surface area (Å²) < 4.78 is 21.5. The summed E-state index contributed by atoms with van der Waals surface area (Å²) in [6.07, 6.45) is -0.527. The fraction of sp³-hybridized carbons (Fsp3) is 1.00. The molecule has 1 fully saturated rings. The van der Waals surface area contributed by atoms with Crippen LogP contribution in [-0.2, 0) is 9.47 Å². The number of hydrogen-bond donors (Lipinski definition) is 0. The van der Waals surface area contributed by atoms with Crippen LogP contribution in [0.1, 0.15) is 6.92 Å². The van der Waals surface area contributed by atoms with Gasteiger partial charge in [-0.3, -0.25) is 0 Å². The zero-order valence-electron chi connectivity index (χ0n) is 4.76. The quantitative estimate of drug-likeness (QED) is 0.507. The highest BCUT2D eigenvalue weighted by Crippen LogP contribution is 2.09. The smallest absolute Gasteiger partial charge is 0.155 e. The molecule has 0 aromatic heterocycles. The van der Waals surface area contributed by atoms with Gasteiger partial charge in [-0.1, -0.05) is 0 Å². The van der Waals surface area contributed by atoms with E-state index in [0.717, 1.165) is 0 Å². The van der Waals surface area contributed by atoms with Gasteiger partial charge in [-0.05, 0) is 6.92 Å². The molecule has 0 aliphatic carbocycles. The van der Waals surface area contributed by atoms with Crippen molar-refractivity contribution in [1.82, 2.24) is 0 Å². The summed E-state index contributed by atoms with van der Waals surface area (Å²) in [5, 5.41) is 0. The molecule has 0 bridgehead atoms. The first-order valence-corrected chi connectivity index (χ1v) is 2.66. The number of halogens is 1. The SMILES string of the molecule is C[C@@H]1OC[C@@H](CF)O1. The van der Waals surface area contributed by atoms with Crippen molar-refractivity contribution in [3.05, 3.63) is 0 Å². The third kappa shape index (κ3) is 1.17. The van der Waals surface area contributed by atoms with Gasteiger partial charge < -0.3 is 9.47 Å². The second-order valence-electron chi connectivity index (χ2n) is 1.81. The molecule has 0 spiro atoms. The first-order valence-electron chi connectivity index (χ1n) is 2.66. The lowest BCUT2D eigenvalue weighted by molar-refractivity contribution is -0.0453. The van der Waals surface area contributed by atoms with Crippen molar-refractivity contribution in [3.8, 4) is 0 Å². The van der Waals surface area contributed by atoms with E-state index in [4.69, 9.17) is 9.47 Å². The largest absolute Gasteiger partial charge is 0.350 e. The number of hydrogen-bond acceptors (Lipinski definition) is 2. The van der Waals surface area contributed by atoms with E-state index < -0.39 is 6.67 Å². The first kappa shape index (κ1) is 5.98. The lowest BCUT2D eigenvalue weighted by Crippen LogP contribution is -2.12. The van der Waals surface area contributed by atoms with Crippen LogP contribution >= 0.6 is 0 Å². The Kier molecular flexibility index (Phi) is 1.81. The molecule has 1 rings (SSSR count). The Morgan fingerprint density at radius 3 is 2.75 bits per heavy atom. The molecule has 1 heterocycles. The van der Waals surface area contributed by atoms with Crippen LogP contribution in [0.3, 0.4) is 0 Å². The fourth-order valence-corrected chi connectivity index (χ4v) is 0.673. The van der Waals surface area contributed by atoms with Crippen LogP contribution in [0.5, 0.6) is 0 Å². The molecule has 1 aliphatic heterocycles. The van der Waals surface area contributed by atoms with E-state index in [1.54, 1.807) is 6.92 Å². The van der Waals surface area contributed by atoms with Gasteiger partial charge in [0.05, 0.1) is 6.61 Å². The zero-order chi connectivity index (χ0) is 5.98. The molecule has 0 aromatic carbocycles. The summed E-state index contributed by atoms with van der Waals surface area (Å²) in [4.78, 5) is 0. The van der Waals surface area contributed by atoms with Crippen molar-refractivity contribution < 1.29 is 13.9 Å². The van der Waals surface area contributed by atoms with E-state index in [1.165, 1.54) is 0 Å². The fourth-order valence-electron chi connectivity index (χ4n) is 0.673. The molecule has 1 saturated heterocycles. The summed E-state index contributed by atoms with van der Waals surface area (Å²) in [5.41, 5.74) is 0. The van der Waals surface area contributed by atoms with Gasteiger partial charge in [0.2, 0.25) is 0 Å². The normalized spacial score (nSPS) is 38.2. The van der Waals surface area contributed by atoms with Crippen molar-refractivity contribution in [2.45, 2.75) is 19.3 Å². The predicted molar refractivity (Wildman–Crippen MR) is 26.3 cm³/mol. The lowest BCUT2D eigenvalue weighted by atomic mass is 10.4. The number of alkyl halides is 1. The summed E-state index contributed by atoms with van der Waals surface area (Å²) in [6.45, 7) is 1.72. The van der Waals surface area contributed by atoms with Gasteiger partial charge in [0, 0.05) is 0 Å². The Bertz CT molecular complexity index is 76.8. The first-order chi connectivity index (χ1) is 3.83. The van der Waals surface area contributed by atoms with Gasteiger partial charge in [0.15, 0.2) is 6.29 Å². The van der Waals surface area contributed by atoms with E-state index in [0.29, 0.717) is 6.61 Å². The van der Waals surface area contributed by atoms with Crippen LogP contribution in [0.15, 0.2) is 0 Å². The summed E-state index contributed by atoms with van der Waals surface area (Å²) in [5.74, 6) is 0. The third-order valence-corrected chi connectivity index (χ3v) is 1.07. The third-order valence-electron chi connectivity index (χ3n) is 1.07. The Labute approximate surface area is 47.6 Å². The molecule has 0 N–H and O–H groups in total. The highest BCUT2D eigenvalue weighted by Gasteiger charge is 2.21. The molecule has 1 aliphatic rings. The summed E-state index contributed by atoms with van der Waals surface area (Å²) in [7, 11) is 0. The van der Waals surface area contributed by atoms with E-state index >= 15 is 0 Å². The van der Waals surface area contributed by atoms with Crippen LogP contribution in [0.25, 0.3) is 0 Å². The van der Waals surface area contributed by atoms with Crippen molar-refractivity contribution in [3.63, 3.8) is 0 Å². The Hall–Kier alpha value is -0.150. The van der Waals surface area contributed by atoms with Gasteiger partial charge >= 0.3 is 0 Å². The second-order valence-corrected chi connectivity index (χ2v) is 1.81. The van der Waals surface area contributed by atoms with E-state index in [2.05, 4.69) is 0 Å². The maximum atomic E-state index is 11.7. The van der Waals surface area contributed by atoms with E-state index in [-0.39, 0.29) is 12.4 Å². The maximum Gasteiger partial charge on any atom is 0.155 e. The van der Waals surface area contributed by atoms with Gasteiger partial charge in [-0.25, -0.2) is 4.39 Å². The van der Waals surface area contributed by atoms with Gasteiger partial charge in [0.1, 0.15) is 12.8 Å². The maximum absolute atomic E-state index is 11.7. The molecule has 0 aromatic rings. The van der Waals surface area contributed by atoms with Gasteiger partial charge in [-0.2, -0.15) is 0 Å². The van der Waals surface area contributed by atoms with Crippen molar-refractivity contribution >= 4 is 0 Å². The minimum absolute atomic E-state index is 0.212. The average Bonchev–Trinajstić information content (AvgIpc) is 2.14. The van der Waals surface area contributed by atoms with Crippen molar-refractivity contribution in [1.29, 1.82) is 0 Å². The van der Waals surface area contributed by atoms with Crippen molar-refractivity contribution in [2.75, 3.05) is 13.3 Å². The second kappa shape index (κ2) is 2.42. The molecule has 2 atom stereocenters. The number of ether oxygens (including phenoxy) is 2.